The minimum absolute atomic E-state index is 0.573. The van der Waals surface area contributed by atoms with Crippen LogP contribution in [0.25, 0.3) is 0 Å². The highest BCUT2D eigenvalue weighted by Crippen LogP contribution is 2.34. The molecule has 0 radical (unpaired) electrons. The molecule has 2 unspecified atom stereocenters. The summed E-state index contributed by atoms with van der Waals surface area (Å²) in [5.41, 5.74) is 0. The molecule has 0 N–H and O–H groups in total. The molecular weight excluding hydrogens is 230 g/mol. The van der Waals surface area contributed by atoms with Crippen LogP contribution >= 0.6 is 22.6 Å². The van der Waals surface area contributed by atoms with Crippen LogP contribution in [0, 0.1) is 5.92 Å². The summed E-state index contributed by atoms with van der Waals surface area (Å²) in [6.45, 7) is 2.11. The molecule has 0 aliphatic heterocycles. The van der Waals surface area contributed by atoms with E-state index < -0.39 is 3.68 Å². The maximum absolute atomic E-state index is 12.9. The highest BCUT2D eigenvalue weighted by Gasteiger charge is 2.25. The molecule has 0 bridgehead atoms. The van der Waals surface area contributed by atoms with Gasteiger partial charge < -0.3 is 0 Å². The lowest BCUT2D eigenvalue weighted by molar-refractivity contribution is 0.323. The minimum Gasteiger partial charge on any atom is -0.228 e. The Labute approximate surface area is 68.7 Å². The lowest BCUT2D eigenvalue weighted by Gasteiger charge is -2.20. The molecule has 0 saturated heterocycles. The molecule has 1 aliphatic rings. The number of alkyl halides is 2. The molecule has 0 nitrogen and oxygen atoms in total. The summed E-state index contributed by atoms with van der Waals surface area (Å²) in [4.78, 5) is 0. The number of hydrogen-bond acceptors (Lipinski definition) is 0. The zero-order valence-electron chi connectivity index (χ0n) is 5.40. The maximum atomic E-state index is 12.9. The summed E-state index contributed by atoms with van der Waals surface area (Å²) in [5.74, 6) is 0.573. The van der Waals surface area contributed by atoms with E-state index in [0.29, 0.717) is 12.3 Å². The highest BCUT2D eigenvalue weighted by atomic mass is 127. The van der Waals surface area contributed by atoms with Gasteiger partial charge in [-0.1, -0.05) is 13.0 Å². The second-order valence-electron chi connectivity index (χ2n) is 2.64. The normalized spacial score (nSPS) is 43.2. The van der Waals surface area contributed by atoms with Crippen LogP contribution in [-0.4, -0.2) is 3.68 Å². The third kappa shape index (κ3) is 2.24. The first-order valence-electron chi connectivity index (χ1n) is 3.17. The summed E-state index contributed by atoms with van der Waals surface area (Å²) >= 11 is 1.85. The first-order chi connectivity index (χ1) is 4.10. The molecule has 0 fully saturated rings. The Kier molecular flexibility index (Phi) is 2.14. The zero-order chi connectivity index (χ0) is 6.91. The molecule has 1 rings (SSSR count). The molecule has 0 aromatic carbocycles. The van der Waals surface area contributed by atoms with Gasteiger partial charge in [-0.05, 0) is 47.4 Å². The SMILES string of the molecule is CC1C=CC(F)(I)CC1. The average Bonchev–Trinajstić information content (AvgIpc) is 1.78. The van der Waals surface area contributed by atoms with E-state index in [1.807, 2.05) is 28.7 Å². The quantitative estimate of drug-likeness (QED) is 0.346. The number of rotatable bonds is 0. The number of hydrogen-bond donors (Lipinski definition) is 0. The van der Waals surface area contributed by atoms with Gasteiger partial charge in [0.2, 0.25) is 0 Å². The van der Waals surface area contributed by atoms with Gasteiger partial charge >= 0.3 is 0 Å². The Morgan fingerprint density at radius 1 is 1.78 bits per heavy atom. The van der Waals surface area contributed by atoms with Crippen molar-refractivity contribution in [1.82, 2.24) is 0 Å². The van der Waals surface area contributed by atoms with Crippen LogP contribution in [0.1, 0.15) is 19.8 Å². The van der Waals surface area contributed by atoms with E-state index in [0.717, 1.165) is 6.42 Å². The number of halogens is 2. The van der Waals surface area contributed by atoms with Crippen molar-refractivity contribution in [2.75, 3.05) is 0 Å². The fraction of sp³-hybridized carbons (Fsp3) is 0.714. The highest BCUT2D eigenvalue weighted by molar-refractivity contribution is 14.1. The molecule has 1 aliphatic carbocycles. The molecule has 0 aromatic heterocycles. The van der Waals surface area contributed by atoms with Crippen LogP contribution in [0.15, 0.2) is 12.2 Å². The molecule has 0 spiro atoms. The third-order valence-electron chi connectivity index (χ3n) is 1.60. The molecule has 52 valence electrons. The fourth-order valence-electron chi connectivity index (χ4n) is 0.905. The lowest BCUT2D eigenvalue weighted by Crippen LogP contribution is -2.15. The number of allylic oxidation sites excluding steroid dienone is 2. The van der Waals surface area contributed by atoms with Crippen molar-refractivity contribution in [2.45, 2.75) is 23.4 Å². The smallest absolute Gasteiger partial charge is 0.179 e. The van der Waals surface area contributed by atoms with Crippen molar-refractivity contribution in [3.05, 3.63) is 12.2 Å². The Balaban J connectivity index is 2.58. The van der Waals surface area contributed by atoms with Crippen LogP contribution in [0.2, 0.25) is 0 Å². The molecule has 0 saturated carbocycles. The predicted molar refractivity (Wildman–Crippen MR) is 45.4 cm³/mol. The van der Waals surface area contributed by atoms with Crippen molar-refractivity contribution < 1.29 is 4.39 Å². The van der Waals surface area contributed by atoms with E-state index in [1.54, 1.807) is 6.08 Å². The van der Waals surface area contributed by atoms with Crippen molar-refractivity contribution in [3.63, 3.8) is 0 Å². The summed E-state index contributed by atoms with van der Waals surface area (Å²) in [5, 5.41) is 0. The predicted octanol–water partition coefficient (Wildman–Crippen LogP) is 3.07. The summed E-state index contributed by atoms with van der Waals surface area (Å²) in [7, 11) is 0. The van der Waals surface area contributed by atoms with E-state index in [9.17, 15) is 4.39 Å². The van der Waals surface area contributed by atoms with Gasteiger partial charge in [-0.3, -0.25) is 0 Å². The lowest BCUT2D eigenvalue weighted by atomic mass is 9.97. The fourth-order valence-corrected chi connectivity index (χ4v) is 1.42. The van der Waals surface area contributed by atoms with Crippen molar-refractivity contribution in [3.8, 4) is 0 Å². The van der Waals surface area contributed by atoms with Gasteiger partial charge in [0.15, 0.2) is 3.68 Å². The molecule has 2 atom stereocenters. The second-order valence-corrected chi connectivity index (χ2v) is 4.43. The van der Waals surface area contributed by atoms with Gasteiger partial charge in [-0.2, -0.15) is 0 Å². The molecule has 0 amide bonds. The van der Waals surface area contributed by atoms with Gasteiger partial charge in [0.05, 0.1) is 0 Å². The van der Waals surface area contributed by atoms with E-state index in [2.05, 4.69) is 6.92 Å². The van der Waals surface area contributed by atoms with Gasteiger partial charge in [0.1, 0.15) is 0 Å². The van der Waals surface area contributed by atoms with E-state index in [-0.39, 0.29) is 0 Å². The zero-order valence-corrected chi connectivity index (χ0v) is 7.56. The first-order valence-corrected chi connectivity index (χ1v) is 4.25. The van der Waals surface area contributed by atoms with Crippen LogP contribution in [-0.2, 0) is 0 Å². The molecule has 0 heterocycles. The Bertz CT molecular complexity index is 129. The van der Waals surface area contributed by atoms with Crippen molar-refractivity contribution in [2.24, 2.45) is 5.92 Å². The Morgan fingerprint density at radius 3 is 2.78 bits per heavy atom. The molecule has 0 aromatic rings. The van der Waals surface area contributed by atoms with Crippen LogP contribution in [0.3, 0.4) is 0 Å². The van der Waals surface area contributed by atoms with Crippen LogP contribution in [0.4, 0.5) is 4.39 Å². The Morgan fingerprint density at radius 2 is 2.44 bits per heavy atom. The largest absolute Gasteiger partial charge is 0.228 e. The topological polar surface area (TPSA) is 0 Å². The van der Waals surface area contributed by atoms with Gasteiger partial charge in [-0.15, -0.1) is 0 Å². The van der Waals surface area contributed by atoms with E-state index in [1.165, 1.54) is 0 Å². The second kappa shape index (κ2) is 2.56. The standard InChI is InChI=1S/C7H10FI/c1-6-2-4-7(8,9)5-3-6/h2,4,6H,3,5H2,1H3. The van der Waals surface area contributed by atoms with E-state index in [4.69, 9.17) is 0 Å². The summed E-state index contributed by atoms with van der Waals surface area (Å²) < 4.78 is 11.9. The monoisotopic (exact) mass is 240 g/mol. The van der Waals surface area contributed by atoms with Crippen LogP contribution in [0.5, 0.6) is 0 Å². The van der Waals surface area contributed by atoms with Gasteiger partial charge in [-0.25, -0.2) is 4.39 Å². The van der Waals surface area contributed by atoms with Gasteiger partial charge in [0.25, 0.3) is 0 Å². The summed E-state index contributed by atoms with van der Waals surface area (Å²) in [6, 6.07) is 0. The Hall–Kier alpha value is 0.400. The maximum Gasteiger partial charge on any atom is 0.179 e. The minimum atomic E-state index is -1.05. The average molecular weight is 240 g/mol. The molecule has 9 heavy (non-hydrogen) atoms. The summed E-state index contributed by atoms with van der Waals surface area (Å²) in [6.07, 6.45) is 5.28. The van der Waals surface area contributed by atoms with E-state index >= 15 is 0 Å². The van der Waals surface area contributed by atoms with Crippen LogP contribution < -0.4 is 0 Å². The first kappa shape index (κ1) is 7.51. The molecular formula is C7H10FI. The van der Waals surface area contributed by atoms with Gasteiger partial charge in [0, 0.05) is 0 Å². The third-order valence-corrected chi connectivity index (χ3v) is 2.50. The molecule has 2 heteroatoms. The van der Waals surface area contributed by atoms with Crippen molar-refractivity contribution in [1.29, 1.82) is 0 Å². The van der Waals surface area contributed by atoms with Crippen molar-refractivity contribution >= 4 is 22.6 Å².